The van der Waals surface area contributed by atoms with Crippen LogP contribution in [0.25, 0.3) is 0 Å². The summed E-state index contributed by atoms with van der Waals surface area (Å²) in [6, 6.07) is 17.9. The second-order valence-electron chi connectivity index (χ2n) is 5.49. The van der Waals surface area contributed by atoms with E-state index in [-0.39, 0.29) is 0 Å². The van der Waals surface area contributed by atoms with Crippen molar-refractivity contribution in [2.45, 2.75) is 39.7 Å². The van der Waals surface area contributed by atoms with E-state index in [1.54, 1.807) is 0 Å². The minimum atomic E-state index is 0.445. The Hall–Kier alpha value is -1.60. The van der Waals surface area contributed by atoms with E-state index in [0.29, 0.717) is 6.04 Å². The lowest BCUT2D eigenvalue weighted by atomic mass is 9.94. The zero-order chi connectivity index (χ0) is 14.4. The minimum absolute atomic E-state index is 0.445. The molecule has 0 bridgehead atoms. The van der Waals surface area contributed by atoms with Crippen LogP contribution < -0.4 is 5.32 Å². The van der Waals surface area contributed by atoms with Gasteiger partial charge in [-0.2, -0.15) is 0 Å². The quantitative estimate of drug-likeness (QED) is 0.807. The molecule has 2 aromatic rings. The number of hydrogen-bond donors (Lipinski definition) is 1. The second kappa shape index (κ2) is 7.25. The highest BCUT2D eigenvalue weighted by molar-refractivity contribution is 5.33. The summed E-state index contributed by atoms with van der Waals surface area (Å²) < 4.78 is 0. The Kier molecular flexibility index (Phi) is 5.37. The molecule has 0 amide bonds. The summed E-state index contributed by atoms with van der Waals surface area (Å²) in [6.45, 7) is 7.57. The first-order valence-electron chi connectivity index (χ1n) is 7.55. The first-order valence-corrected chi connectivity index (χ1v) is 7.55. The van der Waals surface area contributed by atoms with Gasteiger partial charge in [0.15, 0.2) is 0 Å². The third kappa shape index (κ3) is 3.94. The Labute approximate surface area is 123 Å². The van der Waals surface area contributed by atoms with Crippen molar-refractivity contribution in [1.29, 1.82) is 0 Å². The summed E-state index contributed by atoms with van der Waals surface area (Å²) in [6.07, 6.45) is 2.26. The molecule has 2 rings (SSSR count). The van der Waals surface area contributed by atoms with Crippen LogP contribution in [-0.2, 0) is 6.42 Å². The molecule has 0 saturated carbocycles. The van der Waals surface area contributed by atoms with Crippen LogP contribution in [0.15, 0.2) is 48.5 Å². The predicted octanol–water partition coefficient (Wildman–Crippen LogP) is 4.59. The Morgan fingerprint density at radius 2 is 1.75 bits per heavy atom. The van der Waals surface area contributed by atoms with E-state index in [2.05, 4.69) is 74.6 Å². The van der Waals surface area contributed by atoms with Crippen molar-refractivity contribution in [3.63, 3.8) is 0 Å². The van der Waals surface area contributed by atoms with Crippen LogP contribution in [0, 0.1) is 13.8 Å². The summed E-state index contributed by atoms with van der Waals surface area (Å²) in [5, 5.41) is 3.64. The molecule has 1 N–H and O–H groups in total. The van der Waals surface area contributed by atoms with Crippen molar-refractivity contribution in [3.05, 3.63) is 70.8 Å². The fourth-order valence-electron chi connectivity index (χ4n) is 2.70. The molecule has 0 aliphatic rings. The first-order chi connectivity index (χ1) is 9.70. The normalized spacial score (nSPS) is 12.3. The third-order valence-corrected chi connectivity index (χ3v) is 3.83. The summed E-state index contributed by atoms with van der Waals surface area (Å²) in [7, 11) is 0. The average Bonchev–Trinajstić information content (AvgIpc) is 2.47. The molecular weight excluding hydrogens is 242 g/mol. The predicted molar refractivity (Wildman–Crippen MR) is 87.1 cm³/mol. The van der Waals surface area contributed by atoms with Crippen LogP contribution in [0.1, 0.15) is 41.6 Å². The molecular formula is C19H25N. The summed E-state index contributed by atoms with van der Waals surface area (Å²) in [5.74, 6) is 0. The minimum Gasteiger partial charge on any atom is -0.310 e. The fraction of sp³-hybridized carbons (Fsp3) is 0.368. The maximum absolute atomic E-state index is 3.64. The maximum Gasteiger partial charge on any atom is 0.0326 e. The molecule has 1 atom stereocenters. The molecule has 0 heterocycles. The molecule has 20 heavy (non-hydrogen) atoms. The summed E-state index contributed by atoms with van der Waals surface area (Å²) in [5.41, 5.74) is 5.59. The van der Waals surface area contributed by atoms with Crippen molar-refractivity contribution in [2.24, 2.45) is 0 Å². The van der Waals surface area contributed by atoms with E-state index in [1.165, 1.54) is 22.3 Å². The van der Waals surface area contributed by atoms with Gasteiger partial charge >= 0.3 is 0 Å². The standard InChI is InChI=1S/C19H25N/c1-4-20-19(13-12-17-8-6-5-7-9-17)18-14-15(2)10-11-16(18)3/h5-11,14,19-20H,4,12-13H2,1-3H3. The van der Waals surface area contributed by atoms with Crippen molar-refractivity contribution in [3.8, 4) is 0 Å². The molecule has 0 aliphatic heterocycles. The van der Waals surface area contributed by atoms with Crippen LogP contribution in [0.3, 0.4) is 0 Å². The van der Waals surface area contributed by atoms with E-state index in [4.69, 9.17) is 0 Å². The van der Waals surface area contributed by atoms with Crippen molar-refractivity contribution in [2.75, 3.05) is 6.54 Å². The fourth-order valence-corrected chi connectivity index (χ4v) is 2.70. The molecule has 0 radical (unpaired) electrons. The molecule has 1 heteroatoms. The highest BCUT2D eigenvalue weighted by atomic mass is 14.9. The highest BCUT2D eigenvalue weighted by Gasteiger charge is 2.12. The lowest BCUT2D eigenvalue weighted by Crippen LogP contribution is -2.22. The van der Waals surface area contributed by atoms with Gasteiger partial charge in [0.25, 0.3) is 0 Å². The molecule has 0 spiro atoms. The number of nitrogens with one attached hydrogen (secondary N) is 1. The van der Waals surface area contributed by atoms with Gasteiger partial charge in [0.1, 0.15) is 0 Å². The average molecular weight is 267 g/mol. The van der Waals surface area contributed by atoms with Crippen molar-refractivity contribution < 1.29 is 0 Å². The van der Waals surface area contributed by atoms with Gasteiger partial charge in [0.2, 0.25) is 0 Å². The van der Waals surface area contributed by atoms with Crippen molar-refractivity contribution in [1.82, 2.24) is 5.32 Å². The molecule has 2 aromatic carbocycles. The van der Waals surface area contributed by atoms with Gasteiger partial charge in [-0.25, -0.2) is 0 Å². The number of benzene rings is 2. The molecule has 0 fully saturated rings. The third-order valence-electron chi connectivity index (χ3n) is 3.83. The monoisotopic (exact) mass is 267 g/mol. The zero-order valence-corrected chi connectivity index (χ0v) is 12.8. The molecule has 0 saturated heterocycles. The van der Waals surface area contributed by atoms with Crippen LogP contribution in [0.5, 0.6) is 0 Å². The Bertz CT molecular complexity index is 531. The van der Waals surface area contributed by atoms with Gasteiger partial charge < -0.3 is 5.32 Å². The van der Waals surface area contributed by atoms with E-state index >= 15 is 0 Å². The van der Waals surface area contributed by atoms with Gasteiger partial charge in [0, 0.05) is 6.04 Å². The van der Waals surface area contributed by atoms with Crippen LogP contribution in [-0.4, -0.2) is 6.54 Å². The number of hydrogen-bond acceptors (Lipinski definition) is 1. The summed E-state index contributed by atoms with van der Waals surface area (Å²) >= 11 is 0. The Balaban J connectivity index is 2.12. The summed E-state index contributed by atoms with van der Waals surface area (Å²) in [4.78, 5) is 0. The Morgan fingerprint density at radius 3 is 2.45 bits per heavy atom. The number of aryl methyl sites for hydroxylation is 3. The Morgan fingerprint density at radius 1 is 1.00 bits per heavy atom. The van der Waals surface area contributed by atoms with Gasteiger partial charge in [-0.15, -0.1) is 0 Å². The molecule has 106 valence electrons. The van der Waals surface area contributed by atoms with Crippen molar-refractivity contribution >= 4 is 0 Å². The SMILES string of the molecule is CCNC(CCc1ccccc1)c1cc(C)ccc1C. The van der Waals surface area contributed by atoms with Gasteiger partial charge in [0.05, 0.1) is 0 Å². The smallest absolute Gasteiger partial charge is 0.0326 e. The van der Waals surface area contributed by atoms with Crippen LogP contribution in [0.4, 0.5) is 0 Å². The molecule has 0 aromatic heterocycles. The lowest BCUT2D eigenvalue weighted by molar-refractivity contribution is 0.513. The highest BCUT2D eigenvalue weighted by Crippen LogP contribution is 2.23. The van der Waals surface area contributed by atoms with Crippen LogP contribution >= 0.6 is 0 Å². The van der Waals surface area contributed by atoms with E-state index in [9.17, 15) is 0 Å². The van der Waals surface area contributed by atoms with Crippen LogP contribution in [0.2, 0.25) is 0 Å². The van der Waals surface area contributed by atoms with Gasteiger partial charge in [-0.3, -0.25) is 0 Å². The maximum atomic E-state index is 3.64. The molecule has 1 unspecified atom stereocenters. The topological polar surface area (TPSA) is 12.0 Å². The largest absolute Gasteiger partial charge is 0.310 e. The number of rotatable bonds is 6. The molecule has 0 aliphatic carbocycles. The first kappa shape index (κ1) is 14.8. The molecule has 1 nitrogen and oxygen atoms in total. The second-order valence-corrected chi connectivity index (χ2v) is 5.49. The van der Waals surface area contributed by atoms with Gasteiger partial charge in [-0.05, 0) is 49.9 Å². The van der Waals surface area contributed by atoms with E-state index < -0.39 is 0 Å². The van der Waals surface area contributed by atoms with E-state index in [0.717, 1.165) is 19.4 Å². The zero-order valence-electron chi connectivity index (χ0n) is 12.8. The lowest BCUT2D eigenvalue weighted by Gasteiger charge is -2.21. The van der Waals surface area contributed by atoms with Gasteiger partial charge in [-0.1, -0.05) is 61.0 Å². The van der Waals surface area contributed by atoms with E-state index in [1.807, 2.05) is 0 Å².